The maximum atomic E-state index is 12.8. The summed E-state index contributed by atoms with van der Waals surface area (Å²) < 4.78 is 33.3. The van der Waals surface area contributed by atoms with Crippen LogP contribution in [0.3, 0.4) is 0 Å². The van der Waals surface area contributed by atoms with E-state index in [1.807, 2.05) is 17.5 Å². The third-order valence-corrected chi connectivity index (χ3v) is 6.47. The van der Waals surface area contributed by atoms with Crippen LogP contribution in [0.15, 0.2) is 70.9 Å². The van der Waals surface area contributed by atoms with Crippen molar-refractivity contribution >= 4 is 56.3 Å². The van der Waals surface area contributed by atoms with E-state index in [4.69, 9.17) is 16.3 Å². The van der Waals surface area contributed by atoms with Crippen molar-refractivity contribution in [3.05, 3.63) is 76.0 Å². The third kappa shape index (κ3) is 5.38. The van der Waals surface area contributed by atoms with E-state index in [1.165, 1.54) is 42.7 Å². The molecule has 29 heavy (non-hydrogen) atoms. The Kier molecular flexibility index (Phi) is 6.58. The Bertz CT molecular complexity index is 1140. The fourth-order valence-electron chi connectivity index (χ4n) is 2.44. The maximum absolute atomic E-state index is 12.8. The molecule has 3 aromatic rings. The fourth-order valence-corrected chi connectivity index (χ4v) is 4.66. The molecule has 0 saturated carbocycles. The van der Waals surface area contributed by atoms with E-state index in [-0.39, 0.29) is 21.5 Å². The molecule has 1 heterocycles. The van der Waals surface area contributed by atoms with Crippen LogP contribution in [0, 0.1) is 0 Å². The minimum Gasteiger partial charge on any atom is -0.495 e. The Hall–Kier alpha value is -2.81. The van der Waals surface area contributed by atoms with Gasteiger partial charge in [0.15, 0.2) is 0 Å². The summed E-state index contributed by atoms with van der Waals surface area (Å²) in [6, 6.07) is 14.6. The van der Waals surface area contributed by atoms with Gasteiger partial charge in [0.2, 0.25) is 5.91 Å². The number of methoxy groups -OCH3 is 1. The molecule has 0 aliphatic rings. The molecule has 1 amide bonds. The van der Waals surface area contributed by atoms with E-state index in [9.17, 15) is 13.2 Å². The smallest absolute Gasteiger partial charge is 0.263 e. The lowest BCUT2D eigenvalue weighted by Crippen LogP contribution is -2.15. The number of ether oxygens (including phenoxy) is 1. The highest BCUT2D eigenvalue weighted by Crippen LogP contribution is 2.30. The second-order valence-electron chi connectivity index (χ2n) is 5.79. The second-order valence-corrected chi connectivity index (χ2v) is 8.83. The highest BCUT2D eigenvalue weighted by molar-refractivity contribution is 7.92. The van der Waals surface area contributed by atoms with Gasteiger partial charge in [0, 0.05) is 16.6 Å². The quantitative estimate of drug-likeness (QED) is 0.505. The van der Waals surface area contributed by atoms with Crippen LogP contribution in [0.25, 0.3) is 6.08 Å². The predicted molar refractivity (Wildman–Crippen MR) is 117 cm³/mol. The molecule has 3 rings (SSSR count). The highest BCUT2D eigenvalue weighted by Gasteiger charge is 2.20. The molecule has 0 aliphatic heterocycles. The SMILES string of the molecule is COc1ccccc1NS(=O)(=O)c1cc(NC(=O)/C=C\c2cccs2)ccc1Cl. The third-order valence-electron chi connectivity index (χ3n) is 3.78. The van der Waals surface area contributed by atoms with Crippen molar-refractivity contribution in [2.24, 2.45) is 0 Å². The summed E-state index contributed by atoms with van der Waals surface area (Å²) in [4.78, 5) is 12.9. The summed E-state index contributed by atoms with van der Waals surface area (Å²) in [5.41, 5.74) is 0.579. The molecule has 1 aromatic heterocycles. The summed E-state index contributed by atoms with van der Waals surface area (Å²) in [6.07, 6.45) is 3.05. The van der Waals surface area contributed by atoms with E-state index in [2.05, 4.69) is 10.0 Å². The Morgan fingerprint density at radius 1 is 1.14 bits per heavy atom. The van der Waals surface area contributed by atoms with E-state index in [0.29, 0.717) is 11.4 Å². The van der Waals surface area contributed by atoms with Gasteiger partial charge in [0.05, 0.1) is 17.8 Å². The van der Waals surface area contributed by atoms with Gasteiger partial charge in [-0.3, -0.25) is 9.52 Å². The molecular weight excluding hydrogens is 432 g/mol. The Labute approximate surface area is 177 Å². The zero-order valence-corrected chi connectivity index (χ0v) is 17.6. The minimum absolute atomic E-state index is 0.0273. The topological polar surface area (TPSA) is 84.5 Å². The number of benzene rings is 2. The first-order chi connectivity index (χ1) is 13.9. The number of carbonyl (C=O) groups is 1. The largest absolute Gasteiger partial charge is 0.495 e. The van der Waals surface area contributed by atoms with Crippen LogP contribution in [0.5, 0.6) is 5.75 Å². The van der Waals surface area contributed by atoms with Gasteiger partial charge >= 0.3 is 0 Å². The number of para-hydroxylation sites is 2. The molecular formula is C20H17ClN2O4S2. The fraction of sp³-hybridized carbons (Fsp3) is 0.0500. The van der Waals surface area contributed by atoms with E-state index >= 15 is 0 Å². The van der Waals surface area contributed by atoms with E-state index in [0.717, 1.165) is 4.88 Å². The van der Waals surface area contributed by atoms with Gasteiger partial charge in [-0.05, 0) is 47.9 Å². The molecule has 9 heteroatoms. The Morgan fingerprint density at radius 2 is 1.93 bits per heavy atom. The number of rotatable bonds is 7. The summed E-state index contributed by atoms with van der Waals surface area (Å²) in [5.74, 6) is -0.0165. The predicted octanol–water partition coefficient (Wildman–Crippen LogP) is 4.86. The molecule has 0 bridgehead atoms. The van der Waals surface area contributed by atoms with E-state index < -0.39 is 10.0 Å². The molecule has 0 radical (unpaired) electrons. The number of amides is 1. The Balaban J connectivity index is 1.81. The van der Waals surface area contributed by atoms with Gasteiger partial charge in [-0.15, -0.1) is 11.3 Å². The molecule has 0 spiro atoms. The van der Waals surface area contributed by atoms with Crippen molar-refractivity contribution in [2.75, 3.05) is 17.1 Å². The highest BCUT2D eigenvalue weighted by atomic mass is 35.5. The summed E-state index contributed by atoms with van der Waals surface area (Å²) in [5, 5.41) is 4.57. The van der Waals surface area contributed by atoms with Crippen LogP contribution in [0.1, 0.15) is 4.88 Å². The van der Waals surface area contributed by atoms with Crippen LogP contribution >= 0.6 is 22.9 Å². The lowest BCUT2D eigenvalue weighted by atomic mass is 10.3. The van der Waals surface area contributed by atoms with Crippen LogP contribution in [-0.4, -0.2) is 21.4 Å². The number of nitrogens with one attached hydrogen (secondary N) is 2. The van der Waals surface area contributed by atoms with Gasteiger partial charge in [0.1, 0.15) is 10.6 Å². The maximum Gasteiger partial charge on any atom is 0.263 e. The van der Waals surface area contributed by atoms with Crippen molar-refractivity contribution in [3.8, 4) is 5.75 Å². The molecule has 0 fully saturated rings. The van der Waals surface area contributed by atoms with Crippen molar-refractivity contribution < 1.29 is 17.9 Å². The van der Waals surface area contributed by atoms with Crippen LogP contribution in [0.2, 0.25) is 5.02 Å². The van der Waals surface area contributed by atoms with Crippen molar-refractivity contribution in [3.63, 3.8) is 0 Å². The normalized spacial score (nSPS) is 11.4. The number of carbonyl (C=O) groups excluding carboxylic acids is 1. The average Bonchev–Trinajstić information content (AvgIpc) is 3.21. The van der Waals surface area contributed by atoms with Gasteiger partial charge in [-0.25, -0.2) is 8.42 Å². The molecule has 150 valence electrons. The summed E-state index contributed by atoms with van der Waals surface area (Å²) in [7, 11) is -2.57. The lowest BCUT2D eigenvalue weighted by Gasteiger charge is -2.13. The van der Waals surface area contributed by atoms with Crippen LogP contribution in [-0.2, 0) is 14.8 Å². The van der Waals surface area contributed by atoms with Crippen LogP contribution in [0.4, 0.5) is 11.4 Å². The number of halogens is 1. The zero-order chi connectivity index (χ0) is 20.9. The summed E-state index contributed by atoms with van der Waals surface area (Å²) in [6.45, 7) is 0. The molecule has 0 aliphatic carbocycles. The number of thiophene rings is 1. The number of sulfonamides is 1. The molecule has 0 atom stereocenters. The molecule has 6 nitrogen and oxygen atoms in total. The van der Waals surface area contributed by atoms with Gasteiger partial charge < -0.3 is 10.1 Å². The average molecular weight is 449 g/mol. The molecule has 0 saturated heterocycles. The van der Waals surface area contributed by atoms with Crippen molar-refractivity contribution in [1.82, 2.24) is 0 Å². The number of anilines is 2. The number of hydrogen-bond acceptors (Lipinski definition) is 5. The van der Waals surface area contributed by atoms with Gasteiger partial charge in [-0.2, -0.15) is 0 Å². The first-order valence-electron chi connectivity index (χ1n) is 8.37. The van der Waals surface area contributed by atoms with Crippen LogP contribution < -0.4 is 14.8 Å². The van der Waals surface area contributed by atoms with Gasteiger partial charge in [-0.1, -0.05) is 29.8 Å². The molecule has 2 N–H and O–H groups in total. The second kappa shape index (κ2) is 9.13. The first-order valence-corrected chi connectivity index (χ1v) is 11.1. The zero-order valence-electron chi connectivity index (χ0n) is 15.3. The van der Waals surface area contributed by atoms with Gasteiger partial charge in [0.25, 0.3) is 10.0 Å². The molecule has 2 aromatic carbocycles. The van der Waals surface area contributed by atoms with E-state index in [1.54, 1.807) is 30.3 Å². The lowest BCUT2D eigenvalue weighted by molar-refractivity contribution is -0.111. The Morgan fingerprint density at radius 3 is 2.66 bits per heavy atom. The van der Waals surface area contributed by atoms with Crippen molar-refractivity contribution in [1.29, 1.82) is 0 Å². The molecule has 0 unspecified atom stereocenters. The summed E-state index contributed by atoms with van der Waals surface area (Å²) >= 11 is 7.61. The van der Waals surface area contributed by atoms with Crippen molar-refractivity contribution in [2.45, 2.75) is 4.90 Å². The minimum atomic E-state index is -4.01. The number of hydrogen-bond donors (Lipinski definition) is 2. The first kappa shape index (κ1) is 20.9. The monoisotopic (exact) mass is 448 g/mol. The standard InChI is InChI=1S/C20H17ClN2O4S2/c1-27-18-7-3-2-6-17(18)23-29(25,26)19-13-14(8-10-16(19)21)22-20(24)11-9-15-5-4-12-28-15/h2-13,23H,1H3,(H,22,24)/b11-9-.